The summed E-state index contributed by atoms with van der Waals surface area (Å²) in [4.78, 5) is 28.2. The van der Waals surface area contributed by atoms with Gasteiger partial charge in [-0.3, -0.25) is 0 Å². The largest absolute Gasteiger partial charge is 0.447 e. The number of aromatic amines is 1. The van der Waals surface area contributed by atoms with Crippen LogP contribution in [0, 0.1) is 11.8 Å². The monoisotopic (exact) mass is 343 g/mol. The van der Waals surface area contributed by atoms with Gasteiger partial charge in [0.2, 0.25) is 0 Å². The maximum absolute atomic E-state index is 12.1. The quantitative estimate of drug-likeness (QED) is 0.927. The smallest absolute Gasteiger partial charge is 0.410 e. The summed E-state index contributed by atoms with van der Waals surface area (Å²) < 4.78 is 5.34. The molecule has 2 fully saturated rings. The van der Waals surface area contributed by atoms with Crippen molar-refractivity contribution < 1.29 is 9.53 Å². The first-order valence-electron chi connectivity index (χ1n) is 8.99. The fourth-order valence-corrected chi connectivity index (χ4v) is 4.32. The van der Waals surface area contributed by atoms with Gasteiger partial charge in [0.05, 0.1) is 11.5 Å². The molecule has 7 nitrogen and oxygen atoms in total. The third-order valence-corrected chi connectivity index (χ3v) is 5.54. The first-order chi connectivity index (χ1) is 12.0. The normalized spacial score (nSPS) is 25.6. The number of aromatic nitrogens is 3. The molecule has 7 heteroatoms. The fourth-order valence-electron chi connectivity index (χ4n) is 4.32. The minimum absolute atomic E-state index is 0.0617. The van der Waals surface area contributed by atoms with Crippen LogP contribution in [0.2, 0.25) is 0 Å². The molecule has 134 valence electrons. The third-order valence-electron chi connectivity index (χ3n) is 5.54. The first kappa shape index (κ1) is 16.2. The number of carbonyl (C=O) groups is 1. The molecule has 1 saturated heterocycles. The van der Waals surface area contributed by atoms with E-state index in [9.17, 15) is 4.79 Å². The SMILES string of the molecule is CC(C)OC(=O)N1CC2C[C@H](N(C)c3ncnc4[nH]ccc34)C[C@H]2C1. The number of nitrogens with zero attached hydrogens (tertiary/aromatic N) is 4. The summed E-state index contributed by atoms with van der Waals surface area (Å²) in [6.45, 7) is 5.40. The number of ether oxygens (including phenoxy) is 1. The van der Waals surface area contributed by atoms with E-state index in [0.29, 0.717) is 17.9 Å². The zero-order valence-corrected chi connectivity index (χ0v) is 15.0. The molecule has 1 aliphatic heterocycles. The van der Waals surface area contributed by atoms with Crippen molar-refractivity contribution >= 4 is 22.9 Å². The maximum atomic E-state index is 12.1. The lowest BCUT2D eigenvalue weighted by molar-refractivity contribution is 0.0812. The van der Waals surface area contributed by atoms with Crippen LogP contribution in [-0.2, 0) is 4.74 Å². The molecule has 2 aromatic heterocycles. The Bertz CT molecular complexity index is 760. The van der Waals surface area contributed by atoms with Gasteiger partial charge in [0.15, 0.2) is 0 Å². The molecule has 0 spiro atoms. The Morgan fingerprint density at radius 1 is 1.32 bits per heavy atom. The molecule has 2 aromatic rings. The third kappa shape index (κ3) is 2.92. The van der Waals surface area contributed by atoms with Gasteiger partial charge in [-0.2, -0.15) is 0 Å². The number of hydrogen-bond donors (Lipinski definition) is 1. The predicted octanol–water partition coefficient (Wildman–Crippen LogP) is 2.65. The summed E-state index contributed by atoms with van der Waals surface area (Å²) in [6.07, 6.45) is 5.46. The zero-order valence-electron chi connectivity index (χ0n) is 15.0. The Hall–Kier alpha value is -2.31. The van der Waals surface area contributed by atoms with E-state index in [1.165, 1.54) is 0 Å². The van der Waals surface area contributed by atoms with Crippen LogP contribution in [0.4, 0.5) is 10.6 Å². The van der Waals surface area contributed by atoms with E-state index in [2.05, 4.69) is 26.9 Å². The van der Waals surface area contributed by atoms with Gasteiger partial charge in [0.1, 0.15) is 17.8 Å². The fraction of sp³-hybridized carbons (Fsp3) is 0.611. The summed E-state index contributed by atoms with van der Waals surface area (Å²) in [6, 6.07) is 2.48. The molecule has 1 amide bonds. The van der Waals surface area contributed by atoms with Crippen molar-refractivity contribution in [1.82, 2.24) is 19.9 Å². The van der Waals surface area contributed by atoms with Crippen LogP contribution in [0.15, 0.2) is 18.6 Å². The molecular weight excluding hydrogens is 318 g/mol. The Kier molecular flexibility index (Phi) is 4.01. The van der Waals surface area contributed by atoms with Crippen molar-refractivity contribution in [1.29, 1.82) is 0 Å². The highest BCUT2D eigenvalue weighted by molar-refractivity contribution is 5.87. The van der Waals surface area contributed by atoms with Gasteiger partial charge < -0.3 is 19.5 Å². The molecule has 1 aliphatic carbocycles. The van der Waals surface area contributed by atoms with Crippen LogP contribution in [-0.4, -0.2) is 58.2 Å². The van der Waals surface area contributed by atoms with E-state index < -0.39 is 0 Å². The number of likely N-dealkylation sites (tertiary alicyclic amines) is 1. The van der Waals surface area contributed by atoms with E-state index in [1.807, 2.05) is 31.0 Å². The average Bonchev–Trinajstić information content (AvgIpc) is 3.26. The zero-order chi connectivity index (χ0) is 17.6. The highest BCUT2D eigenvalue weighted by Gasteiger charge is 2.44. The van der Waals surface area contributed by atoms with E-state index in [4.69, 9.17) is 4.74 Å². The second-order valence-electron chi connectivity index (χ2n) is 7.53. The van der Waals surface area contributed by atoms with Gasteiger partial charge in [-0.1, -0.05) is 0 Å². The van der Waals surface area contributed by atoms with E-state index >= 15 is 0 Å². The summed E-state index contributed by atoms with van der Waals surface area (Å²) in [5, 5.41) is 1.06. The van der Waals surface area contributed by atoms with Crippen molar-refractivity contribution in [3.63, 3.8) is 0 Å². The highest BCUT2D eigenvalue weighted by atomic mass is 16.6. The van der Waals surface area contributed by atoms with Crippen LogP contribution in [0.5, 0.6) is 0 Å². The summed E-state index contributed by atoms with van der Waals surface area (Å²) in [5.74, 6) is 2.08. The Morgan fingerprint density at radius 3 is 2.72 bits per heavy atom. The van der Waals surface area contributed by atoms with Gasteiger partial charge >= 0.3 is 6.09 Å². The van der Waals surface area contributed by atoms with E-state index in [0.717, 1.165) is 42.8 Å². The van der Waals surface area contributed by atoms with Crippen molar-refractivity contribution in [2.24, 2.45) is 11.8 Å². The van der Waals surface area contributed by atoms with E-state index in [1.54, 1.807) is 6.33 Å². The van der Waals surface area contributed by atoms with Gasteiger partial charge in [0, 0.05) is 32.4 Å². The minimum Gasteiger partial charge on any atom is -0.447 e. The molecule has 0 aromatic carbocycles. The van der Waals surface area contributed by atoms with Crippen LogP contribution >= 0.6 is 0 Å². The molecule has 3 atom stereocenters. The molecule has 1 saturated carbocycles. The number of anilines is 1. The van der Waals surface area contributed by atoms with Crippen LogP contribution in [0.3, 0.4) is 0 Å². The van der Waals surface area contributed by atoms with Crippen molar-refractivity contribution in [2.45, 2.75) is 38.8 Å². The summed E-state index contributed by atoms with van der Waals surface area (Å²) in [5.41, 5.74) is 0.873. The first-order valence-corrected chi connectivity index (χ1v) is 8.99. The second kappa shape index (κ2) is 6.20. The van der Waals surface area contributed by atoms with Crippen molar-refractivity contribution in [2.75, 3.05) is 25.0 Å². The topological polar surface area (TPSA) is 74.3 Å². The van der Waals surface area contributed by atoms with Crippen molar-refractivity contribution in [3.8, 4) is 0 Å². The Morgan fingerprint density at radius 2 is 2.04 bits per heavy atom. The molecule has 0 bridgehead atoms. The standard InChI is InChI=1S/C18H25N5O2/c1-11(2)25-18(24)23-8-12-6-14(7-13(12)9-23)22(3)17-15-4-5-19-16(15)20-10-21-17/h4-5,10-14H,6-9H2,1-3H3,(H,19,20,21)/t12-,13?,14+/m0/s1. The Labute approximate surface area is 147 Å². The van der Waals surface area contributed by atoms with Gasteiger partial charge in [-0.05, 0) is 44.6 Å². The molecule has 3 heterocycles. The number of amides is 1. The number of carbonyl (C=O) groups excluding carboxylic acids is 1. The van der Waals surface area contributed by atoms with Crippen LogP contribution < -0.4 is 4.90 Å². The highest BCUT2D eigenvalue weighted by Crippen LogP contribution is 2.41. The number of hydrogen-bond acceptors (Lipinski definition) is 5. The van der Waals surface area contributed by atoms with Gasteiger partial charge in [0.25, 0.3) is 0 Å². The number of rotatable bonds is 3. The molecule has 1 N–H and O–H groups in total. The van der Waals surface area contributed by atoms with Gasteiger partial charge in [-0.25, -0.2) is 14.8 Å². The van der Waals surface area contributed by atoms with E-state index in [-0.39, 0.29) is 12.2 Å². The summed E-state index contributed by atoms with van der Waals surface area (Å²) >= 11 is 0. The molecule has 4 rings (SSSR count). The lowest BCUT2D eigenvalue weighted by atomic mass is 10.0. The predicted molar refractivity (Wildman–Crippen MR) is 95.5 cm³/mol. The molecule has 1 unspecified atom stereocenters. The van der Waals surface area contributed by atoms with Crippen molar-refractivity contribution in [3.05, 3.63) is 18.6 Å². The molecular formula is C18H25N5O2. The summed E-state index contributed by atoms with van der Waals surface area (Å²) in [7, 11) is 2.12. The van der Waals surface area contributed by atoms with Crippen LogP contribution in [0.1, 0.15) is 26.7 Å². The second-order valence-corrected chi connectivity index (χ2v) is 7.53. The molecule has 25 heavy (non-hydrogen) atoms. The average molecular weight is 343 g/mol. The minimum atomic E-state index is -0.167. The lowest BCUT2D eigenvalue weighted by Gasteiger charge is -2.28. The molecule has 2 aliphatic rings. The maximum Gasteiger partial charge on any atom is 0.410 e. The van der Waals surface area contributed by atoms with Crippen LogP contribution in [0.25, 0.3) is 11.0 Å². The number of H-pyrrole nitrogens is 1. The van der Waals surface area contributed by atoms with Gasteiger partial charge in [-0.15, -0.1) is 0 Å². The Balaban J connectivity index is 1.43. The number of fused-ring (bicyclic) bond motifs is 2. The lowest BCUT2D eigenvalue weighted by Crippen LogP contribution is -2.35. The molecule has 0 radical (unpaired) electrons. The number of nitrogens with one attached hydrogen (secondary N) is 1.